The first-order valence-electron chi connectivity index (χ1n) is 7.87. The summed E-state index contributed by atoms with van der Waals surface area (Å²) in [5, 5.41) is 2.63. The topological polar surface area (TPSA) is 3.24 Å². The lowest BCUT2D eigenvalue weighted by Crippen LogP contribution is -2.27. The molecular weight excluding hydrogens is 325 g/mol. The molecule has 0 amide bonds. The Labute approximate surface area is 146 Å². The summed E-state index contributed by atoms with van der Waals surface area (Å²) in [4.78, 5) is 2.28. The van der Waals surface area contributed by atoms with Crippen LogP contribution in [0.5, 0.6) is 0 Å². The summed E-state index contributed by atoms with van der Waals surface area (Å²) in [5.74, 6) is 1.19. The van der Waals surface area contributed by atoms with Gasteiger partial charge in [0, 0.05) is 35.9 Å². The molecule has 3 aromatic rings. The molecule has 0 atom stereocenters. The second-order valence-electron chi connectivity index (χ2n) is 5.77. The Morgan fingerprint density at radius 3 is 1.91 bits per heavy atom. The number of fused-ring (bicyclic) bond motifs is 3. The number of alkyl halides is 2. The molecule has 0 aliphatic heterocycles. The number of nitrogens with zero attached hydrogens (tertiary/aromatic N) is 1. The van der Waals surface area contributed by atoms with Crippen LogP contribution in [0, 0.1) is 0 Å². The van der Waals surface area contributed by atoms with E-state index in [1.54, 1.807) is 0 Å². The number of anilines is 1. The summed E-state index contributed by atoms with van der Waals surface area (Å²) < 4.78 is 0. The molecule has 1 nitrogen and oxygen atoms in total. The van der Waals surface area contributed by atoms with Gasteiger partial charge in [0.05, 0.1) is 0 Å². The minimum Gasteiger partial charge on any atom is -0.369 e. The number of benzene rings is 3. The van der Waals surface area contributed by atoms with Gasteiger partial charge in [0.2, 0.25) is 0 Å². The highest BCUT2D eigenvalue weighted by Gasteiger charge is 2.22. The molecule has 0 saturated heterocycles. The molecule has 0 fully saturated rings. The summed E-state index contributed by atoms with van der Waals surface area (Å²) in [6, 6.07) is 19.7. The Balaban J connectivity index is 1.97. The maximum Gasteiger partial charge on any atom is 0.0447 e. The Hall–Kier alpha value is -1.70. The zero-order chi connectivity index (χ0) is 15.8. The minimum atomic E-state index is 0.597. The molecule has 0 unspecified atom stereocenters. The quantitative estimate of drug-likeness (QED) is 0.416. The van der Waals surface area contributed by atoms with Crippen molar-refractivity contribution in [1.29, 1.82) is 0 Å². The molecule has 1 aliphatic rings. The van der Waals surface area contributed by atoms with Crippen molar-refractivity contribution in [2.75, 3.05) is 29.7 Å². The van der Waals surface area contributed by atoms with E-state index in [0.29, 0.717) is 11.8 Å². The predicted octanol–water partition coefficient (Wildman–Crippen LogP) is 5.77. The van der Waals surface area contributed by atoms with E-state index in [2.05, 4.69) is 59.5 Å². The van der Waals surface area contributed by atoms with Gasteiger partial charge >= 0.3 is 0 Å². The highest BCUT2D eigenvalue weighted by Crippen LogP contribution is 2.49. The fourth-order valence-corrected chi connectivity index (χ4v) is 4.03. The van der Waals surface area contributed by atoms with Crippen molar-refractivity contribution in [3.8, 4) is 22.3 Å². The lowest BCUT2D eigenvalue weighted by atomic mass is 10.0. The molecule has 0 bridgehead atoms. The van der Waals surface area contributed by atoms with Crippen molar-refractivity contribution in [2.45, 2.75) is 0 Å². The number of rotatable bonds is 5. The summed E-state index contributed by atoms with van der Waals surface area (Å²) in [5.41, 5.74) is 6.52. The maximum absolute atomic E-state index is 6.00. The van der Waals surface area contributed by atoms with Crippen molar-refractivity contribution in [3.05, 3.63) is 54.6 Å². The Kier molecular flexibility index (Phi) is 3.92. The highest BCUT2D eigenvalue weighted by molar-refractivity contribution is 6.20. The molecule has 0 N–H and O–H groups in total. The summed E-state index contributed by atoms with van der Waals surface area (Å²) in [6.45, 7) is 1.61. The first kappa shape index (κ1) is 14.9. The third-order valence-corrected chi connectivity index (χ3v) is 4.91. The zero-order valence-electron chi connectivity index (χ0n) is 12.7. The monoisotopic (exact) mass is 341 g/mol. The molecule has 0 spiro atoms. The Bertz CT molecular complexity index is 837. The van der Waals surface area contributed by atoms with E-state index in [1.165, 1.54) is 38.7 Å². The van der Waals surface area contributed by atoms with Crippen LogP contribution in [0.4, 0.5) is 5.69 Å². The largest absolute Gasteiger partial charge is 0.369 e. The summed E-state index contributed by atoms with van der Waals surface area (Å²) in [7, 11) is 0. The lowest BCUT2D eigenvalue weighted by Gasteiger charge is -2.25. The molecule has 3 aromatic carbocycles. The van der Waals surface area contributed by atoms with Gasteiger partial charge in [-0.05, 0) is 33.7 Å². The molecule has 4 rings (SSSR count). The van der Waals surface area contributed by atoms with Gasteiger partial charge in [0.15, 0.2) is 0 Å². The third-order valence-electron chi connectivity index (χ3n) is 4.57. The van der Waals surface area contributed by atoms with Crippen LogP contribution < -0.4 is 4.90 Å². The van der Waals surface area contributed by atoms with E-state index in [1.807, 2.05) is 0 Å². The summed E-state index contributed by atoms with van der Waals surface area (Å²) in [6.07, 6.45) is 0. The van der Waals surface area contributed by atoms with E-state index in [0.717, 1.165) is 13.1 Å². The van der Waals surface area contributed by atoms with Crippen LogP contribution in [-0.4, -0.2) is 24.8 Å². The highest BCUT2D eigenvalue weighted by atomic mass is 35.5. The van der Waals surface area contributed by atoms with Crippen LogP contribution >= 0.6 is 23.2 Å². The van der Waals surface area contributed by atoms with Crippen molar-refractivity contribution in [2.24, 2.45) is 0 Å². The number of hydrogen-bond acceptors (Lipinski definition) is 1. The first-order valence-corrected chi connectivity index (χ1v) is 8.94. The van der Waals surface area contributed by atoms with E-state index < -0.39 is 0 Å². The molecule has 116 valence electrons. The van der Waals surface area contributed by atoms with Gasteiger partial charge in [-0.1, -0.05) is 48.5 Å². The Morgan fingerprint density at radius 2 is 1.26 bits per heavy atom. The minimum absolute atomic E-state index is 0.597. The van der Waals surface area contributed by atoms with Crippen molar-refractivity contribution < 1.29 is 0 Å². The van der Waals surface area contributed by atoms with Crippen LogP contribution in [-0.2, 0) is 0 Å². The van der Waals surface area contributed by atoms with Gasteiger partial charge in [-0.2, -0.15) is 0 Å². The lowest BCUT2D eigenvalue weighted by molar-refractivity contribution is 0.878. The SMILES string of the molecule is ClCCN(CCCl)c1ccc2c3c(cccc13)-c1ccccc1-2. The second-order valence-corrected chi connectivity index (χ2v) is 6.53. The molecule has 0 radical (unpaired) electrons. The fourth-order valence-electron chi connectivity index (χ4n) is 3.63. The average molecular weight is 342 g/mol. The molecule has 0 saturated carbocycles. The third kappa shape index (κ3) is 2.31. The number of hydrogen-bond donors (Lipinski definition) is 0. The van der Waals surface area contributed by atoms with Crippen molar-refractivity contribution >= 4 is 39.7 Å². The van der Waals surface area contributed by atoms with Gasteiger partial charge in [0.25, 0.3) is 0 Å². The summed E-state index contributed by atoms with van der Waals surface area (Å²) >= 11 is 12.0. The van der Waals surface area contributed by atoms with E-state index >= 15 is 0 Å². The molecular formula is C20H17Cl2N. The smallest absolute Gasteiger partial charge is 0.0447 e. The fraction of sp³-hybridized carbons (Fsp3) is 0.200. The zero-order valence-corrected chi connectivity index (χ0v) is 14.2. The van der Waals surface area contributed by atoms with Crippen molar-refractivity contribution in [1.82, 2.24) is 0 Å². The van der Waals surface area contributed by atoms with Crippen LogP contribution in [0.25, 0.3) is 33.0 Å². The van der Waals surface area contributed by atoms with Gasteiger partial charge in [0.1, 0.15) is 0 Å². The van der Waals surface area contributed by atoms with Gasteiger partial charge in [-0.3, -0.25) is 0 Å². The predicted molar refractivity (Wildman–Crippen MR) is 102 cm³/mol. The Morgan fingerprint density at radius 1 is 0.652 bits per heavy atom. The van der Waals surface area contributed by atoms with E-state index in [-0.39, 0.29) is 0 Å². The first-order chi connectivity index (χ1) is 11.3. The van der Waals surface area contributed by atoms with E-state index in [9.17, 15) is 0 Å². The van der Waals surface area contributed by atoms with Crippen LogP contribution in [0.1, 0.15) is 0 Å². The molecule has 3 heteroatoms. The van der Waals surface area contributed by atoms with Gasteiger partial charge in [-0.15, -0.1) is 23.2 Å². The molecule has 0 aromatic heterocycles. The number of halogens is 2. The normalized spacial score (nSPS) is 11.7. The molecule has 0 heterocycles. The molecule has 23 heavy (non-hydrogen) atoms. The average Bonchev–Trinajstić information content (AvgIpc) is 2.92. The van der Waals surface area contributed by atoms with Crippen LogP contribution in [0.3, 0.4) is 0 Å². The van der Waals surface area contributed by atoms with E-state index in [4.69, 9.17) is 23.2 Å². The standard InChI is InChI=1S/C20H17Cl2N/c21-10-12-23(13-11-22)19-9-8-17-15-5-2-1-4-14(15)16-6-3-7-18(19)20(16)17/h1-9H,10-13H2. The molecule has 1 aliphatic carbocycles. The van der Waals surface area contributed by atoms with Crippen molar-refractivity contribution in [3.63, 3.8) is 0 Å². The van der Waals surface area contributed by atoms with Crippen LogP contribution in [0.15, 0.2) is 54.6 Å². The van der Waals surface area contributed by atoms with Gasteiger partial charge in [-0.25, -0.2) is 0 Å². The van der Waals surface area contributed by atoms with Gasteiger partial charge < -0.3 is 4.90 Å². The van der Waals surface area contributed by atoms with Crippen LogP contribution in [0.2, 0.25) is 0 Å². The second kappa shape index (κ2) is 6.07. The maximum atomic E-state index is 6.00.